The number of aromatic nitrogens is 2. The van der Waals surface area contributed by atoms with Crippen molar-refractivity contribution >= 4 is 24.0 Å². The van der Waals surface area contributed by atoms with Crippen LogP contribution in [0.2, 0.25) is 0 Å². The van der Waals surface area contributed by atoms with Crippen LogP contribution in [0.15, 0.2) is 36.7 Å². The predicted octanol–water partition coefficient (Wildman–Crippen LogP) is 3.77. The van der Waals surface area contributed by atoms with Crippen LogP contribution in [0.1, 0.15) is 31.2 Å². The minimum atomic E-state index is -4.42. The number of nitrogens with zero attached hydrogens (tertiary/aromatic N) is 2. The molecule has 1 aliphatic rings. The summed E-state index contributed by atoms with van der Waals surface area (Å²) in [5.41, 5.74) is 5.92. The van der Waals surface area contributed by atoms with Crippen LogP contribution in [-0.2, 0) is 11.0 Å². The van der Waals surface area contributed by atoms with Crippen molar-refractivity contribution in [1.82, 2.24) is 9.78 Å². The molecule has 1 amide bonds. The van der Waals surface area contributed by atoms with Crippen LogP contribution in [0.25, 0.3) is 5.69 Å². The Kier molecular flexibility index (Phi) is 6.30. The van der Waals surface area contributed by atoms with Gasteiger partial charge in [0, 0.05) is 12.5 Å². The quantitative estimate of drug-likeness (QED) is 0.837. The van der Waals surface area contributed by atoms with Gasteiger partial charge in [-0.2, -0.15) is 18.3 Å². The molecule has 0 saturated heterocycles. The maximum absolute atomic E-state index is 12.8. The fourth-order valence-electron chi connectivity index (χ4n) is 3.12. The average molecular weight is 389 g/mol. The molecule has 1 heterocycles. The van der Waals surface area contributed by atoms with Gasteiger partial charge in [-0.25, -0.2) is 4.68 Å². The number of benzene rings is 1. The normalized spacial score (nSPS) is 19.8. The number of halogens is 4. The number of carbonyl (C=O) groups excluding carboxylic acids is 1. The molecule has 1 aliphatic carbocycles. The van der Waals surface area contributed by atoms with E-state index in [0.717, 1.165) is 31.4 Å². The lowest BCUT2D eigenvalue weighted by Crippen LogP contribution is -2.28. The van der Waals surface area contributed by atoms with E-state index in [1.54, 1.807) is 0 Å². The molecule has 0 spiro atoms. The summed E-state index contributed by atoms with van der Waals surface area (Å²) in [5, 5.41) is 6.74. The molecular formula is C17H20ClF3N4O. The van der Waals surface area contributed by atoms with Gasteiger partial charge < -0.3 is 11.1 Å². The Hall–Kier alpha value is -2.06. The molecular weight excluding hydrogens is 369 g/mol. The average Bonchev–Trinajstić information content (AvgIpc) is 3.16. The Morgan fingerprint density at radius 2 is 2.12 bits per heavy atom. The molecule has 26 heavy (non-hydrogen) atoms. The van der Waals surface area contributed by atoms with Gasteiger partial charge in [0.25, 0.3) is 0 Å². The number of anilines is 1. The number of nitrogens with two attached hydrogens (primary N) is 1. The summed E-state index contributed by atoms with van der Waals surface area (Å²) in [6.07, 6.45) is 1.74. The molecule has 0 bridgehead atoms. The van der Waals surface area contributed by atoms with Crippen LogP contribution < -0.4 is 11.1 Å². The predicted molar refractivity (Wildman–Crippen MR) is 94.4 cm³/mol. The Morgan fingerprint density at radius 3 is 2.77 bits per heavy atom. The molecule has 0 aliphatic heterocycles. The van der Waals surface area contributed by atoms with Crippen molar-refractivity contribution in [3.8, 4) is 5.69 Å². The van der Waals surface area contributed by atoms with E-state index in [4.69, 9.17) is 5.73 Å². The Balaban J connectivity index is 0.00000243. The molecule has 142 valence electrons. The number of alkyl halides is 3. The van der Waals surface area contributed by atoms with E-state index >= 15 is 0 Å². The van der Waals surface area contributed by atoms with Crippen molar-refractivity contribution in [2.45, 2.75) is 37.9 Å². The van der Waals surface area contributed by atoms with Crippen molar-refractivity contribution in [3.63, 3.8) is 0 Å². The molecule has 2 atom stereocenters. The largest absolute Gasteiger partial charge is 0.416 e. The zero-order chi connectivity index (χ0) is 18.0. The minimum absolute atomic E-state index is 0. The number of rotatable bonds is 4. The van der Waals surface area contributed by atoms with Gasteiger partial charge in [0.05, 0.1) is 29.3 Å². The Labute approximate surface area is 155 Å². The SMILES string of the molecule is Cl.N[C@@H]1CCC[C@H]1CC(=O)Nc1cnn(-c2cccc(C(F)(F)F)c2)c1. The maximum Gasteiger partial charge on any atom is 0.416 e. The first-order chi connectivity index (χ1) is 11.8. The van der Waals surface area contributed by atoms with E-state index in [1.165, 1.54) is 29.2 Å². The first kappa shape index (κ1) is 20.3. The topological polar surface area (TPSA) is 72.9 Å². The third kappa shape index (κ3) is 4.76. The highest BCUT2D eigenvalue weighted by Gasteiger charge is 2.30. The first-order valence-electron chi connectivity index (χ1n) is 8.10. The second-order valence-electron chi connectivity index (χ2n) is 6.33. The molecule has 5 nitrogen and oxygen atoms in total. The molecule has 9 heteroatoms. The summed E-state index contributed by atoms with van der Waals surface area (Å²) in [6, 6.07) is 4.90. The summed E-state index contributed by atoms with van der Waals surface area (Å²) < 4.78 is 39.7. The van der Waals surface area contributed by atoms with Crippen LogP contribution in [0.4, 0.5) is 18.9 Å². The lowest BCUT2D eigenvalue weighted by Gasteiger charge is -2.14. The van der Waals surface area contributed by atoms with Gasteiger partial charge in [-0.15, -0.1) is 12.4 Å². The smallest absolute Gasteiger partial charge is 0.327 e. The first-order valence-corrected chi connectivity index (χ1v) is 8.10. The molecule has 3 rings (SSSR count). The second-order valence-corrected chi connectivity index (χ2v) is 6.33. The fraction of sp³-hybridized carbons (Fsp3) is 0.412. The molecule has 1 aromatic heterocycles. The highest BCUT2D eigenvalue weighted by molar-refractivity contribution is 5.90. The summed E-state index contributed by atoms with van der Waals surface area (Å²) >= 11 is 0. The maximum atomic E-state index is 12.8. The number of hydrogen-bond donors (Lipinski definition) is 2. The van der Waals surface area contributed by atoms with Gasteiger partial charge in [0.15, 0.2) is 0 Å². The van der Waals surface area contributed by atoms with Crippen LogP contribution in [0.3, 0.4) is 0 Å². The van der Waals surface area contributed by atoms with E-state index in [1.807, 2.05) is 0 Å². The van der Waals surface area contributed by atoms with E-state index in [-0.39, 0.29) is 36.0 Å². The summed E-state index contributed by atoms with van der Waals surface area (Å²) in [4.78, 5) is 12.1. The van der Waals surface area contributed by atoms with Crippen molar-refractivity contribution in [2.75, 3.05) is 5.32 Å². The Bertz CT molecular complexity index is 762. The lowest BCUT2D eigenvalue weighted by atomic mass is 10.00. The monoisotopic (exact) mass is 388 g/mol. The summed E-state index contributed by atoms with van der Waals surface area (Å²) in [7, 11) is 0. The van der Waals surface area contributed by atoms with E-state index in [2.05, 4.69) is 10.4 Å². The molecule has 1 aromatic carbocycles. The lowest BCUT2D eigenvalue weighted by molar-refractivity contribution is -0.137. The fourth-order valence-corrected chi connectivity index (χ4v) is 3.12. The number of carbonyl (C=O) groups is 1. The Morgan fingerprint density at radius 1 is 1.35 bits per heavy atom. The van der Waals surface area contributed by atoms with Crippen molar-refractivity contribution in [3.05, 3.63) is 42.2 Å². The van der Waals surface area contributed by atoms with Crippen LogP contribution >= 0.6 is 12.4 Å². The molecule has 1 saturated carbocycles. The van der Waals surface area contributed by atoms with Crippen molar-refractivity contribution in [1.29, 1.82) is 0 Å². The second kappa shape index (κ2) is 8.09. The van der Waals surface area contributed by atoms with Gasteiger partial charge in [0.1, 0.15) is 0 Å². The van der Waals surface area contributed by atoms with E-state index in [9.17, 15) is 18.0 Å². The summed E-state index contributed by atoms with van der Waals surface area (Å²) in [5.74, 6) is 0.0180. The van der Waals surface area contributed by atoms with E-state index < -0.39 is 11.7 Å². The van der Waals surface area contributed by atoms with Gasteiger partial charge in [-0.05, 0) is 37.0 Å². The summed E-state index contributed by atoms with van der Waals surface area (Å²) in [6.45, 7) is 0. The van der Waals surface area contributed by atoms with Crippen molar-refractivity contribution in [2.24, 2.45) is 11.7 Å². The molecule has 1 fully saturated rings. The van der Waals surface area contributed by atoms with Gasteiger partial charge in [0.2, 0.25) is 5.91 Å². The third-order valence-corrected chi connectivity index (χ3v) is 4.47. The number of nitrogens with one attached hydrogen (secondary N) is 1. The van der Waals surface area contributed by atoms with E-state index in [0.29, 0.717) is 12.1 Å². The van der Waals surface area contributed by atoms with Gasteiger partial charge >= 0.3 is 6.18 Å². The molecule has 2 aromatic rings. The minimum Gasteiger partial charge on any atom is -0.327 e. The third-order valence-electron chi connectivity index (χ3n) is 4.47. The molecule has 3 N–H and O–H groups in total. The highest BCUT2D eigenvalue weighted by Crippen LogP contribution is 2.30. The van der Waals surface area contributed by atoms with Crippen LogP contribution in [-0.4, -0.2) is 21.7 Å². The molecule has 0 radical (unpaired) electrons. The zero-order valence-corrected chi connectivity index (χ0v) is 14.7. The van der Waals surface area contributed by atoms with Crippen molar-refractivity contribution < 1.29 is 18.0 Å². The number of amides is 1. The highest BCUT2D eigenvalue weighted by atomic mass is 35.5. The molecule has 0 unspecified atom stereocenters. The zero-order valence-electron chi connectivity index (χ0n) is 13.9. The number of hydrogen-bond acceptors (Lipinski definition) is 3. The van der Waals surface area contributed by atoms with Crippen LogP contribution in [0, 0.1) is 5.92 Å². The van der Waals surface area contributed by atoms with Gasteiger partial charge in [-0.3, -0.25) is 4.79 Å². The standard InChI is InChI=1S/C17H19F3N4O.ClH/c18-17(19,20)12-4-2-5-14(8-12)24-10-13(9-22-24)23-16(25)7-11-3-1-6-15(11)21;/h2,4-5,8-11,15H,1,3,6-7,21H2,(H,23,25);1H/t11-,15+;/m0./s1. The van der Waals surface area contributed by atoms with Crippen LogP contribution in [0.5, 0.6) is 0 Å². The van der Waals surface area contributed by atoms with Gasteiger partial charge in [-0.1, -0.05) is 12.5 Å².